The first-order valence-corrected chi connectivity index (χ1v) is 8.15. The van der Waals surface area contributed by atoms with Gasteiger partial charge >= 0.3 is 5.97 Å². The van der Waals surface area contributed by atoms with Crippen LogP contribution in [-0.2, 0) is 9.53 Å². The Morgan fingerprint density at radius 1 is 1.12 bits per heavy atom. The van der Waals surface area contributed by atoms with E-state index in [1.165, 1.54) is 11.3 Å². The van der Waals surface area contributed by atoms with Crippen LogP contribution in [0.1, 0.15) is 29.7 Å². The number of ether oxygens (including phenoxy) is 1. The van der Waals surface area contributed by atoms with Gasteiger partial charge in [-0.15, -0.1) is 10.2 Å². The molecule has 1 aromatic carbocycles. The predicted molar refractivity (Wildman–Crippen MR) is 89.0 cm³/mol. The summed E-state index contributed by atoms with van der Waals surface area (Å²) >= 11 is 1.30. The van der Waals surface area contributed by atoms with Crippen LogP contribution in [0.2, 0.25) is 0 Å². The number of aliphatic hydroxyl groups excluding tert-OH is 1. The Balaban J connectivity index is 1.68. The minimum atomic E-state index is -1.32. The maximum atomic E-state index is 12.1. The summed E-state index contributed by atoms with van der Waals surface area (Å²) < 4.78 is 5.30. The van der Waals surface area contributed by atoms with E-state index in [0.29, 0.717) is 21.3 Å². The molecule has 2 atom stereocenters. The highest BCUT2D eigenvalue weighted by atomic mass is 32.1. The average molecular weight is 341 g/mol. The number of esters is 1. The molecule has 122 valence electrons. The molecule has 0 radical (unpaired) electrons. The standard InChI is InChI=1S/C17H15N3O3S/c1-11(23-17(22)14(21)12-7-3-2-4-8-12)15-19-20-16(24-15)13-9-5-6-10-18-13/h2-11,14,21H,1H3/t11-,14-/m0/s1. The van der Waals surface area contributed by atoms with Gasteiger partial charge in [-0.25, -0.2) is 4.79 Å². The number of benzene rings is 1. The molecule has 0 aliphatic rings. The molecule has 0 aliphatic carbocycles. The van der Waals surface area contributed by atoms with E-state index in [1.54, 1.807) is 37.4 Å². The third-order valence-corrected chi connectivity index (χ3v) is 4.41. The number of rotatable bonds is 5. The normalized spacial score (nSPS) is 13.2. The van der Waals surface area contributed by atoms with Gasteiger partial charge in [0, 0.05) is 6.20 Å². The van der Waals surface area contributed by atoms with Gasteiger partial charge in [-0.2, -0.15) is 0 Å². The number of carbonyl (C=O) groups is 1. The molecule has 0 fully saturated rings. The molecular formula is C17H15N3O3S. The number of carbonyl (C=O) groups excluding carboxylic acids is 1. The average Bonchev–Trinajstić information content (AvgIpc) is 3.13. The zero-order valence-electron chi connectivity index (χ0n) is 12.9. The Morgan fingerprint density at radius 2 is 1.88 bits per heavy atom. The molecule has 0 amide bonds. The van der Waals surface area contributed by atoms with Crippen LogP contribution in [0.25, 0.3) is 10.7 Å². The van der Waals surface area contributed by atoms with Crippen LogP contribution < -0.4 is 0 Å². The molecule has 3 rings (SSSR count). The highest BCUT2D eigenvalue weighted by molar-refractivity contribution is 7.14. The highest BCUT2D eigenvalue weighted by Crippen LogP contribution is 2.28. The first kappa shape index (κ1) is 16.2. The van der Waals surface area contributed by atoms with E-state index >= 15 is 0 Å². The summed E-state index contributed by atoms with van der Waals surface area (Å²) in [5.74, 6) is -0.719. The number of nitrogens with zero attached hydrogens (tertiary/aromatic N) is 3. The van der Waals surface area contributed by atoms with Gasteiger partial charge in [0.2, 0.25) is 0 Å². The van der Waals surface area contributed by atoms with Gasteiger partial charge in [0.05, 0.1) is 0 Å². The van der Waals surface area contributed by atoms with Crippen LogP contribution >= 0.6 is 11.3 Å². The maximum Gasteiger partial charge on any atom is 0.340 e. The van der Waals surface area contributed by atoms with Gasteiger partial charge in [-0.3, -0.25) is 4.98 Å². The SMILES string of the molecule is C[C@H](OC(=O)[C@@H](O)c1ccccc1)c1nnc(-c2ccccn2)s1. The Labute approximate surface area is 142 Å². The summed E-state index contributed by atoms with van der Waals surface area (Å²) in [6.07, 6.45) is -0.251. The fraction of sp³-hybridized carbons (Fsp3) is 0.176. The fourth-order valence-corrected chi connectivity index (χ4v) is 2.85. The second kappa shape index (κ2) is 7.29. The largest absolute Gasteiger partial charge is 0.453 e. The minimum absolute atomic E-state index is 0.487. The quantitative estimate of drug-likeness (QED) is 0.718. The van der Waals surface area contributed by atoms with Crippen molar-refractivity contribution in [1.29, 1.82) is 0 Å². The molecule has 24 heavy (non-hydrogen) atoms. The zero-order valence-corrected chi connectivity index (χ0v) is 13.7. The van der Waals surface area contributed by atoms with Crippen molar-refractivity contribution in [2.24, 2.45) is 0 Å². The lowest BCUT2D eigenvalue weighted by atomic mass is 10.1. The van der Waals surface area contributed by atoms with Gasteiger partial charge in [0.15, 0.2) is 22.2 Å². The van der Waals surface area contributed by atoms with Crippen LogP contribution in [0.3, 0.4) is 0 Å². The third-order valence-electron chi connectivity index (χ3n) is 3.30. The molecule has 2 heterocycles. The van der Waals surface area contributed by atoms with Crippen LogP contribution in [0.15, 0.2) is 54.7 Å². The summed E-state index contributed by atoms with van der Waals surface area (Å²) in [5, 5.41) is 19.4. The van der Waals surface area contributed by atoms with E-state index in [4.69, 9.17) is 4.74 Å². The van der Waals surface area contributed by atoms with E-state index in [-0.39, 0.29) is 0 Å². The van der Waals surface area contributed by atoms with E-state index < -0.39 is 18.2 Å². The van der Waals surface area contributed by atoms with Crippen molar-refractivity contribution in [3.05, 3.63) is 65.3 Å². The van der Waals surface area contributed by atoms with Crippen LogP contribution in [0.4, 0.5) is 0 Å². The van der Waals surface area contributed by atoms with Crippen molar-refractivity contribution in [1.82, 2.24) is 15.2 Å². The minimum Gasteiger partial charge on any atom is -0.453 e. The summed E-state index contributed by atoms with van der Waals surface area (Å²) in [7, 11) is 0. The van der Waals surface area contributed by atoms with Crippen LogP contribution in [-0.4, -0.2) is 26.3 Å². The molecule has 3 aromatic rings. The van der Waals surface area contributed by atoms with Crippen LogP contribution in [0, 0.1) is 0 Å². The lowest BCUT2D eigenvalue weighted by molar-refractivity contribution is -0.159. The molecule has 0 bridgehead atoms. The lowest BCUT2D eigenvalue weighted by Gasteiger charge is -2.14. The summed E-state index contributed by atoms with van der Waals surface area (Å²) in [6.45, 7) is 1.69. The molecule has 7 heteroatoms. The molecule has 0 saturated heterocycles. The molecule has 0 aliphatic heterocycles. The Morgan fingerprint density at radius 3 is 2.58 bits per heavy atom. The first-order chi connectivity index (χ1) is 11.6. The third kappa shape index (κ3) is 3.64. The Hall–Kier alpha value is -2.64. The smallest absolute Gasteiger partial charge is 0.340 e. The van der Waals surface area contributed by atoms with Crippen molar-refractivity contribution in [2.45, 2.75) is 19.1 Å². The highest BCUT2D eigenvalue weighted by Gasteiger charge is 2.23. The van der Waals surface area contributed by atoms with Gasteiger partial charge in [0.25, 0.3) is 0 Å². The molecule has 1 N–H and O–H groups in total. The zero-order chi connectivity index (χ0) is 16.9. The monoisotopic (exact) mass is 341 g/mol. The van der Waals surface area contributed by atoms with Crippen LogP contribution in [0.5, 0.6) is 0 Å². The van der Waals surface area contributed by atoms with Gasteiger partial charge in [0.1, 0.15) is 5.69 Å². The Bertz CT molecular complexity index is 808. The van der Waals surface area contributed by atoms with Gasteiger partial charge in [-0.1, -0.05) is 47.7 Å². The predicted octanol–water partition coefficient (Wildman–Crippen LogP) is 2.94. The van der Waals surface area contributed by atoms with E-state index in [1.807, 2.05) is 24.3 Å². The molecule has 2 aromatic heterocycles. The number of pyridine rings is 1. The maximum absolute atomic E-state index is 12.1. The van der Waals surface area contributed by atoms with Crippen molar-refractivity contribution in [3.8, 4) is 10.7 Å². The molecule has 0 spiro atoms. The van der Waals surface area contributed by atoms with Crippen molar-refractivity contribution < 1.29 is 14.6 Å². The van der Waals surface area contributed by atoms with Gasteiger partial charge < -0.3 is 9.84 Å². The molecule has 0 saturated carbocycles. The van der Waals surface area contributed by atoms with E-state index in [2.05, 4.69) is 15.2 Å². The van der Waals surface area contributed by atoms with E-state index in [0.717, 1.165) is 0 Å². The van der Waals surface area contributed by atoms with Crippen molar-refractivity contribution in [2.75, 3.05) is 0 Å². The lowest BCUT2D eigenvalue weighted by Crippen LogP contribution is -2.17. The number of aromatic nitrogens is 3. The molecule has 6 nitrogen and oxygen atoms in total. The number of hydrogen-bond acceptors (Lipinski definition) is 7. The first-order valence-electron chi connectivity index (χ1n) is 7.33. The fourth-order valence-electron chi connectivity index (χ4n) is 2.05. The van der Waals surface area contributed by atoms with Crippen molar-refractivity contribution in [3.63, 3.8) is 0 Å². The summed E-state index contributed by atoms with van der Waals surface area (Å²) in [4.78, 5) is 16.3. The summed E-state index contributed by atoms with van der Waals surface area (Å²) in [5.41, 5.74) is 1.20. The number of aliphatic hydroxyl groups is 1. The van der Waals surface area contributed by atoms with Gasteiger partial charge in [-0.05, 0) is 24.6 Å². The second-order valence-electron chi connectivity index (χ2n) is 5.05. The molecular weight excluding hydrogens is 326 g/mol. The van der Waals surface area contributed by atoms with E-state index in [9.17, 15) is 9.90 Å². The topological polar surface area (TPSA) is 85.2 Å². The second-order valence-corrected chi connectivity index (χ2v) is 6.06. The Kier molecular flexibility index (Phi) is 4.93. The van der Waals surface area contributed by atoms with Crippen molar-refractivity contribution >= 4 is 17.3 Å². The summed E-state index contributed by atoms with van der Waals surface area (Å²) in [6, 6.07) is 14.2. The molecule has 0 unspecified atom stereocenters. The number of hydrogen-bond donors (Lipinski definition) is 1.